The molecule has 1 aliphatic heterocycles. The number of carbonyl (C=O) groups is 2. The van der Waals surface area contributed by atoms with E-state index in [0.29, 0.717) is 6.42 Å². The van der Waals surface area contributed by atoms with Crippen molar-refractivity contribution in [2.24, 2.45) is 0 Å². The van der Waals surface area contributed by atoms with Crippen LogP contribution in [0.5, 0.6) is 0 Å². The molecule has 1 fully saturated rings. The first-order chi connectivity index (χ1) is 15.7. The number of nitrogens with two attached hydrogens (primary N) is 1. The van der Waals surface area contributed by atoms with Gasteiger partial charge in [-0.15, -0.1) is 6.58 Å². The van der Waals surface area contributed by atoms with Crippen molar-refractivity contribution in [1.82, 2.24) is 15.3 Å². The summed E-state index contributed by atoms with van der Waals surface area (Å²) in [7, 11) is 0. The highest BCUT2D eigenvalue weighted by Crippen LogP contribution is 2.32. The molecular formula is C22H25F3N6O2. The highest BCUT2D eigenvalue weighted by molar-refractivity contribution is 6.09. The van der Waals surface area contributed by atoms with Gasteiger partial charge in [0.2, 0.25) is 5.95 Å². The summed E-state index contributed by atoms with van der Waals surface area (Å²) in [6, 6.07) is 3.86. The van der Waals surface area contributed by atoms with Gasteiger partial charge in [0.15, 0.2) is 0 Å². The predicted molar refractivity (Wildman–Crippen MR) is 119 cm³/mol. The van der Waals surface area contributed by atoms with Crippen LogP contribution in [0, 0.1) is 0 Å². The Kier molecular flexibility index (Phi) is 7.19. The van der Waals surface area contributed by atoms with Crippen molar-refractivity contribution in [2.75, 3.05) is 28.6 Å². The Morgan fingerprint density at radius 3 is 2.76 bits per heavy atom. The molecule has 33 heavy (non-hydrogen) atoms. The van der Waals surface area contributed by atoms with Crippen LogP contribution in [-0.2, 0) is 6.18 Å². The number of halogens is 3. The zero-order valence-electron chi connectivity index (χ0n) is 18.1. The van der Waals surface area contributed by atoms with Gasteiger partial charge in [0.1, 0.15) is 11.4 Å². The van der Waals surface area contributed by atoms with E-state index in [2.05, 4.69) is 21.9 Å². The monoisotopic (exact) mass is 462 g/mol. The third kappa shape index (κ3) is 5.41. The van der Waals surface area contributed by atoms with Crippen molar-refractivity contribution in [1.29, 1.82) is 0 Å². The summed E-state index contributed by atoms with van der Waals surface area (Å²) in [5.74, 6) is -0.779. The summed E-state index contributed by atoms with van der Waals surface area (Å²) in [6.07, 6.45) is 0.472. The molecule has 1 aromatic heterocycles. The summed E-state index contributed by atoms with van der Waals surface area (Å²) >= 11 is 0. The van der Waals surface area contributed by atoms with Crippen molar-refractivity contribution in [2.45, 2.75) is 38.4 Å². The van der Waals surface area contributed by atoms with E-state index in [1.54, 1.807) is 6.08 Å². The third-order valence-corrected chi connectivity index (χ3v) is 5.21. The molecule has 0 bridgehead atoms. The second-order valence-corrected chi connectivity index (χ2v) is 7.58. The quantitative estimate of drug-likeness (QED) is 0.456. The van der Waals surface area contributed by atoms with Crippen molar-refractivity contribution in [3.05, 3.63) is 54.2 Å². The standard InChI is InChI=1S/C22H25F3N6O2/c1-3-5-6-10-30(16-9-7-8-14(11-16)22(23,24)25)19(32)17-12-27-20(29-18(17)26)31-13-15(4-2)28-21(31)33/h4,7-9,11-12,15H,2-3,5-6,10,13H2,1H3,(H,28,33)(H2,26,27,29). The zero-order chi connectivity index (χ0) is 24.2. The minimum Gasteiger partial charge on any atom is -0.383 e. The van der Waals surface area contributed by atoms with Gasteiger partial charge in [-0.25, -0.2) is 9.78 Å². The molecule has 3 N–H and O–H groups in total. The zero-order valence-corrected chi connectivity index (χ0v) is 18.1. The Balaban J connectivity index is 1.91. The summed E-state index contributed by atoms with van der Waals surface area (Å²) in [5.41, 5.74) is 5.20. The minimum atomic E-state index is -4.54. The minimum absolute atomic E-state index is 0.0162. The Morgan fingerprint density at radius 1 is 1.39 bits per heavy atom. The van der Waals surface area contributed by atoms with Gasteiger partial charge < -0.3 is 16.0 Å². The number of carbonyl (C=O) groups excluding carboxylic acids is 2. The number of hydrogen-bond donors (Lipinski definition) is 2. The molecule has 1 aliphatic rings. The fourth-order valence-electron chi connectivity index (χ4n) is 3.41. The van der Waals surface area contributed by atoms with Gasteiger partial charge in [-0.2, -0.15) is 18.2 Å². The first-order valence-corrected chi connectivity index (χ1v) is 10.5. The lowest BCUT2D eigenvalue weighted by molar-refractivity contribution is -0.137. The molecule has 3 amide bonds. The number of nitrogen functional groups attached to an aromatic ring is 1. The van der Waals surface area contributed by atoms with Crippen molar-refractivity contribution in [3.63, 3.8) is 0 Å². The maximum absolute atomic E-state index is 13.3. The van der Waals surface area contributed by atoms with E-state index in [0.717, 1.165) is 25.0 Å². The molecule has 1 unspecified atom stereocenters. The number of nitrogens with one attached hydrogen (secondary N) is 1. The van der Waals surface area contributed by atoms with Crippen LogP contribution in [0.15, 0.2) is 43.1 Å². The smallest absolute Gasteiger partial charge is 0.383 e. The summed E-state index contributed by atoms with van der Waals surface area (Å²) in [5, 5.41) is 2.68. The Bertz CT molecular complexity index is 1040. The number of urea groups is 1. The average Bonchev–Trinajstić information content (AvgIpc) is 3.16. The number of anilines is 3. The predicted octanol–water partition coefficient (Wildman–Crippen LogP) is 4.00. The molecule has 176 valence electrons. The van der Waals surface area contributed by atoms with E-state index < -0.39 is 23.7 Å². The maximum Gasteiger partial charge on any atom is 0.416 e. The number of aromatic nitrogens is 2. The van der Waals surface area contributed by atoms with Gasteiger partial charge >= 0.3 is 12.2 Å². The fraction of sp³-hybridized carbons (Fsp3) is 0.364. The average molecular weight is 462 g/mol. The van der Waals surface area contributed by atoms with Crippen LogP contribution < -0.4 is 20.9 Å². The molecule has 0 saturated carbocycles. The lowest BCUT2D eigenvalue weighted by Gasteiger charge is -2.24. The molecule has 1 saturated heterocycles. The second-order valence-electron chi connectivity index (χ2n) is 7.58. The number of alkyl halides is 3. The van der Waals surface area contributed by atoms with E-state index in [1.165, 1.54) is 28.1 Å². The molecule has 0 spiro atoms. The van der Waals surface area contributed by atoms with Gasteiger partial charge in [-0.3, -0.25) is 9.69 Å². The highest BCUT2D eigenvalue weighted by Gasteiger charge is 2.33. The number of benzene rings is 1. The van der Waals surface area contributed by atoms with Gasteiger partial charge in [-0.05, 0) is 24.6 Å². The molecule has 1 aromatic carbocycles. The van der Waals surface area contributed by atoms with Crippen LogP contribution in [0.3, 0.4) is 0 Å². The molecule has 2 heterocycles. The van der Waals surface area contributed by atoms with E-state index in [9.17, 15) is 22.8 Å². The van der Waals surface area contributed by atoms with Gasteiger partial charge in [0.05, 0.1) is 18.2 Å². The summed E-state index contributed by atoms with van der Waals surface area (Å²) in [6.45, 7) is 6.06. The van der Waals surface area contributed by atoms with E-state index in [-0.39, 0.29) is 42.1 Å². The molecule has 0 aliphatic carbocycles. The topological polar surface area (TPSA) is 104 Å². The molecule has 0 radical (unpaired) electrons. The van der Waals surface area contributed by atoms with Crippen LogP contribution in [0.1, 0.15) is 42.1 Å². The molecule has 1 atom stereocenters. The second kappa shape index (κ2) is 9.88. The molecule has 11 heteroatoms. The number of amides is 3. The molecular weight excluding hydrogens is 437 g/mol. The summed E-state index contributed by atoms with van der Waals surface area (Å²) < 4.78 is 39.6. The Hall–Kier alpha value is -3.63. The van der Waals surface area contributed by atoms with Gasteiger partial charge in [0, 0.05) is 18.4 Å². The van der Waals surface area contributed by atoms with Crippen molar-refractivity contribution >= 4 is 29.4 Å². The highest BCUT2D eigenvalue weighted by atomic mass is 19.4. The maximum atomic E-state index is 13.3. The third-order valence-electron chi connectivity index (χ3n) is 5.21. The number of hydrogen-bond acceptors (Lipinski definition) is 5. The Morgan fingerprint density at radius 2 is 2.15 bits per heavy atom. The SMILES string of the molecule is C=CC1CN(c2ncc(C(=O)N(CCCCC)c3cccc(C(F)(F)F)c3)c(N)n2)C(=O)N1. The lowest BCUT2D eigenvalue weighted by Crippen LogP contribution is -2.34. The van der Waals surface area contributed by atoms with Crippen LogP contribution in [0.2, 0.25) is 0 Å². The molecule has 3 rings (SSSR count). The molecule has 8 nitrogen and oxygen atoms in total. The van der Waals surface area contributed by atoms with E-state index in [4.69, 9.17) is 5.73 Å². The first-order valence-electron chi connectivity index (χ1n) is 10.5. The number of nitrogens with zero attached hydrogens (tertiary/aromatic N) is 4. The Labute approximate surface area is 189 Å². The number of unbranched alkanes of at least 4 members (excludes halogenated alkanes) is 2. The van der Waals surface area contributed by atoms with Crippen LogP contribution in [0.25, 0.3) is 0 Å². The van der Waals surface area contributed by atoms with Crippen LogP contribution >= 0.6 is 0 Å². The van der Waals surface area contributed by atoms with Crippen LogP contribution in [0.4, 0.5) is 35.4 Å². The normalized spacial score (nSPS) is 15.9. The van der Waals surface area contributed by atoms with E-state index in [1.807, 2.05) is 6.92 Å². The molecule has 2 aromatic rings. The number of rotatable bonds is 8. The fourth-order valence-corrected chi connectivity index (χ4v) is 3.41. The van der Waals surface area contributed by atoms with E-state index >= 15 is 0 Å². The van der Waals surface area contributed by atoms with Crippen LogP contribution in [-0.4, -0.2) is 41.0 Å². The van der Waals surface area contributed by atoms with Gasteiger partial charge in [0.25, 0.3) is 5.91 Å². The largest absolute Gasteiger partial charge is 0.416 e. The summed E-state index contributed by atoms with van der Waals surface area (Å²) in [4.78, 5) is 36.1. The lowest BCUT2D eigenvalue weighted by atomic mass is 10.1. The van der Waals surface area contributed by atoms with Crippen molar-refractivity contribution in [3.8, 4) is 0 Å². The van der Waals surface area contributed by atoms with Crippen molar-refractivity contribution < 1.29 is 22.8 Å². The van der Waals surface area contributed by atoms with Gasteiger partial charge in [-0.1, -0.05) is 31.9 Å². The first kappa shape index (κ1) is 24.0.